The molecule has 6 rings (SSSR count). The van der Waals surface area contributed by atoms with Gasteiger partial charge in [0.1, 0.15) is 15.7 Å². The summed E-state index contributed by atoms with van der Waals surface area (Å²) in [6, 6.07) is 14.3. The van der Waals surface area contributed by atoms with Crippen molar-refractivity contribution in [3.63, 3.8) is 0 Å². The van der Waals surface area contributed by atoms with E-state index in [0.717, 1.165) is 73.3 Å². The van der Waals surface area contributed by atoms with Crippen LogP contribution in [-0.2, 0) is 27.7 Å². The first-order valence-corrected chi connectivity index (χ1v) is 18.0. The zero-order valence-electron chi connectivity index (χ0n) is 26.0. The molecular formula is C35H37FN4O4S2. The molecule has 4 aromatic rings. The Morgan fingerprint density at radius 1 is 1.13 bits per heavy atom. The molecule has 46 heavy (non-hydrogen) atoms. The minimum atomic E-state index is -4.19. The molecule has 8 nitrogen and oxygen atoms in total. The first kappa shape index (κ1) is 32.1. The smallest absolute Gasteiger partial charge is 0.357 e. The van der Waals surface area contributed by atoms with Gasteiger partial charge in [0.05, 0.1) is 6.61 Å². The fourth-order valence-corrected chi connectivity index (χ4v) is 7.27. The van der Waals surface area contributed by atoms with Crippen LogP contribution in [0, 0.1) is 29.5 Å². The van der Waals surface area contributed by atoms with Gasteiger partial charge in [-0.3, -0.25) is 0 Å². The summed E-state index contributed by atoms with van der Waals surface area (Å²) in [6.07, 6.45) is 5.14. The number of halogens is 1. The van der Waals surface area contributed by atoms with E-state index in [2.05, 4.69) is 45.5 Å². The van der Waals surface area contributed by atoms with Crippen LogP contribution in [0.25, 0.3) is 21.8 Å². The monoisotopic (exact) mass is 660 g/mol. The molecular weight excluding hydrogens is 624 g/mol. The Morgan fingerprint density at radius 3 is 2.61 bits per heavy atom. The van der Waals surface area contributed by atoms with Gasteiger partial charge in [-0.25, -0.2) is 27.7 Å². The molecule has 1 aliphatic heterocycles. The fraction of sp³-hybridized carbons (Fsp3) is 0.371. The van der Waals surface area contributed by atoms with Crippen molar-refractivity contribution in [2.24, 2.45) is 17.0 Å². The average Bonchev–Trinajstić information content (AvgIpc) is 3.59. The Balaban J connectivity index is 1.44. The fourth-order valence-electron chi connectivity index (χ4n) is 5.86. The molecule has 2 fully saturated rings. The lowest BCUT2D eigenvalue weighted by atomic mass is 9.97. The van der Waals surface area contributed by atoms with E-state index >= 15 is 0 Å². The number of benzene rings is 2. The van der Waals surface area contributed by atoms with Crippen LogP contribution in [0.4, 0.5) is 4.39 Å². The van der Waals surface area contributed by atoms with Gasteiger partial charge < -0.3 is 14.2 Å². The predicted octanol–water partition coefficient (Wildman–Crippen LogP) is 5.94. The molecule has 1 aliphatic carbocycles. The standard InChI is InChI=1S/C35H37FN4O4S2/c1-3-44-35(41)30-22-45-34(38-30)28-20-31(27-6-4-5-24(17-27)8-7-23-13-15-39(2)16-14-23)40(32(28)19-25-9-10-25)21-26-11-12-33(29(36)18-26)46(37,42)43/h4-6,11-12,17-18,20,22-23,25H,3,9-10,13-16,19,21H2,1-2H3,(H2,37,42,43). The third kappa shape index (κ3) is 7.42. The van der Waals surface area contributed by atoms with Crippen LogP contribution in [0.15, 0.2) is 58.8 Å². The molecule has 240 valence electrons. The van der Waals surface area contributed by atoms with Gasteiger partial charge in [-0.15, -0.1) is 11.3 Å². The van der Waals surface area contributed by atoms with Crippen LogP contribution in [0.2, 0.25) is 0 Å². The molecule has 2 N–H and O–H groups in total. The molecule has 0 unspecified atom stereocenters. The van der Waals surface area contributed by atoms with Crippen molar-refractivity contribution < 1.29 is 22.3 Å². The Morgan fingerprint density at radius 2 is 1.91 bits per heavy atom. The highest BCUT2D eigenvalue weighted by Gasteiger charge is 2.29. The second-order valence-corrected chi connectivity index (χ2v) is 14.5. The number of hydrogen-bond acceptors (Lipinski definition) is 7. The zero-order valence-corrected chi connectivity index (χ0v) is 27.6. The molecule has 0 atom stereocenters. The number of esters is 1. The number of carbonyl (C=O) groups excluding carboxylic acids is 1. The second-order valence-electron chi connectivity index (χ2n) is 12.1. The molecule has 2 aromatic heterocycles. The van der Waals surface area contributed by atoms with Gasteiger partial charge in [0.2, 0.25) is 10.0 Å². The maximum absolute atomic E-state index is 15.0. The maximum Gasteiger partial charge on any atom is 0.357 e. The van der Waals surface area contributed by atoms with E-state index < -0.39 is 26.7 Å². The Labute approximate surface area is 273 Å². The lowest BCUT2D eigenvalue weighted by Gasteiger charge is -2.25. The van der Waals surface area contributed by atoms with Gasteiger partial charge in [0, 0.05) is 40.4 Å². The topological polar surface area (TPSA) is 108 Å². The highest BCUT2D eigenvalue weighted by Crippen LogP contribution is 2.41. The second kappa shape index (κ2) is 13.5. The third-order valence-corrected chi connectivity index (χ3v) is 10.4. The predicted molar refractivity (Wildman–Crippen MR) is 177 cm³/mol. The normalized spacial score (nSPS) is 15.8. The molecule has 1 saturated heterocycles. The van der Waals surface area contributed by atoms with E-state index in [9.17, 15) is 17.6 Å². The number of likely N-dealkylation sites (tertiary alicyclic amines) is 1. The number of sulfonamides is 1. The molecule has 0 bridgehead atoms. The highest BCUT2D eigenvalue weighted by molar-refractivity contribution is 7.89. The Bertz CT molecular complexity index is 1930. The van der Waals surface area contributed by atoms with Gasteiger partial charge in [-0.05, 0) is 107 Å². The summed E-state index contributed by atoms with van der Waals surface area (Å²) in [5.41, 5.74) is 5.56. The number of rotatable bonds is 9. The lowest BCUT2D eigenvalue weighted by Crippen LogP contribution is -2.29. The summed E-state index contributed by atoms with van der Waals surface area (Å²) in [4.78, 5) is 18.9. The first-order valence-electron chi connectivity index (χ1n) is 15.6. The molecule has 1 saturated carbocycles. The quantitative estimate of drug-likeness (QED) is 0.176. The van der Waals surface area contributed by atoms with Crippen LogP contribution in [0.1, 0.15) is 59.9 Å². The molecule has 2 aromatic carbocycles. The van der Waals surface area contributed by atoms with Gasteiger partial charge >= 0.3 is 5.97 Å². The number of piperidine rings is 1. The number of nitrogens with two attached hydrogens (primary N) is 1. The van der Waals surface area contributed by atoms with E-state index in [4.69, 9.17) is 9.88 Å². The van der Waals surface area contributed by atoms with Crippen molar-refractivity contribution in [3.05, 3.63) is 82.2 Å². The molecule has 0 radical (unpaired) electrons. The summed E-state index contributed by atoms with van der Waals surface area (Å²) in [6.45, 7) is 4.41. The van der Waals surface area contributed by atoms with Gasteiger partial charge in [-0.2, -0.15) is 0 Å². The van der Waals surface area contributed by atoms with Gasteiger partial charge in [0.15, 0.2) is 5.69 Å². The number of aromatic nitrogens is 2. The van der Waals surface area contributed by atoms with Crippen LogP contribution < -0.4 is 5.14 Å². The lowest BCUT2D eigenvalue weighted by molar-refractivity contribution is 0.0520. The number of thiazole rings is 1. The minimum absolute atomic E-state index is 0.261. The summed E-state index contributed by atoms with van der Waals surface area (Å²) < 4.78 is 46.1. The van der Waals surface area contributed by atoms with Crippen molar-refractivity contribution in [2.75, 3.05) is 26.7 Å². The van der Waals surface area contributed by atoms with Crippen LogP contribution in [0.3, 0.4) is 0 Å². The minimum Gasteiger partial charge on any atom is -0.461 e. The number of nitrogens with zero attached hydrogens (tertiary/aromatic N) is 3. The highest BCUT2D eigenvalue weighted by atomic mass is 32.2. The van der Waals surface area contributed by atoms with Crippen molar-refractivity contribution in [3.8, 4) is 33.7 Å². The zero-order chi connectivity index (χ0) is 32.4. The Hall–Kier alpha value is -3.82. The van der Waals surface area contributed by atoms with Crippen LogP contribution >= 0.6 is 11.3 Å². The largest absolute Gasteiger partial charge is 0.461 e. The summed E-state index contributed by atoms with van der Waals surface area (Å²) in [5.74, 6) is 6.41. The summed E-state index contributed by atoms with van der Waals surface area (Å²) >= 11 is 1.38. The summed E-state index contributed by atoms with van der Waals surface area (Å²) in [5, 5.41) is 7.64. The van der Waals surface area contributed by atoms with Gasteiger partial charge in [0.25, 0.3) is 0 Å². The van der Waals surface area contributed by atoms with E-state index in [1.165, 1.54) is 23.5 Å². The molecule has 2 aliphatic rings. The SMILES string of the molecule is CCOC(=O)c1csc(-c2cc(-c3cccc(C#CC4CCN(C)CC4)c3)n(Cc3ccc(S(N)(=O)=O)c(F)c3)c2CC2CC2)n1. The summed E-state index contributed by atoms with van der Waals surface area (Å²) in [7, 11) is -2.05. The number of hydrogen-bond donors (Lipinski definition) is 1. The van der Waals surface area contributed by atoms with Crippen molar-refractivity contribution >= 4 is 27.3 Å². The first-order chi connectivity index (χ1) is 22.1. The van der Waals surface area contributed by atoms with E-state index in [1.807, 2.05) is 18.2 Å². The molecule has 0 spiro atoms. The number of carbonyl (C=O) groups is 1. The molecule has 11 heteroatoms. The molecule has 0 amide bonds. The van der Waals surface area contributed by atoms with E-state index in [1.54, 1.807) is 18.4 Å². The van der Waals surface area contributed by atoms with Crippen LogP contribution in [-0.4, -0.2) is 55.6 Å². The van der Waals surface area contributed by atoms with E-state index in [-0.39, 0.29) is 12.3 Å². The molecule has 3 heterocycles. The maximum atomic E-state index is 15.0. The number of primary sulfonamides is 1. The van der Waals surface area contributed by atoms with E-state index in [0.29, 0.717) is 29.0 Å². The van der Waals surface area contributed by atoms with Gasteiger partial charge in [-0.1, -0.05) is 30.0 Å². The van der Waals surface area contributed by atoms with Crippen LogP contribution in [0.5, 0.6) is 0 Å². The van der Waals surface area contributed by atoms with Crippen molar-refractivity contribution in [1.29, 1.82) is 0 Å². The van der Waals surface area contributed by atoms with Crippen molar-refractivity contribution in [1.82, 2.24) is 14.5 Å². The Kier molecular flexibility index (Phi) is 9.43. The average molecular weight is 661 g/mol. The number of ether oxygens (including phenoxy) is 1. The third-order valence-electron chi connectivity index (χ3n) is 8.55. The van der Waals surface area contributed by atoms with Crippen molar-refractivity contribution in [2.45, 2.75) is 50.5 Å².